The van der Waals surface area contributed by atoms with Crippen molar-refractivity contribution in [1.29, 1.82) is 0 Å². The Morgan fingerprint density at radius 3 is 2.46 bits per heavy atom. The van der Waals surface area contributed by atoms with Crippen molar-refractivity contribution in [1.82, 2.24) is 0 Å². The molecule has 0 spiro atoms. The molecule has 0 bridgehead atoms. The maximum absolute atomic E-state index is 10.6. The van der Waals surface area contributed by atoms with Crippen LogP contribution in [0.4, 0.5) is 0 Å². The van der Waals surface area contributed by atoms with Crippen LogP contribution in [0.1, 0.15) is 63.0 Å². The van der Waals surface area contributed by atoms with Crippen molar-refractivity contribution in [2.75, 3.05) is 0 Å². The molecule has 2 rings (SSSR count). The first kappa shape index (κ1) is 18.4. The van der Waals surface area contributed by atoms with Crippen molar-refractivity contribution in [2.45, 2.75) is 58.3 Å². The summed E-state index contributed by atoms with van der Waals surface area (Å²) in [5, 5.41) is 21.2. The van der Waals surface area contributed by atoms with Gasteiger partial charge in [-0.3, -0.25) is 0 Å². The number of unbranched alkanes of at least 4 members (excludes halogenated alkanes) is 2. The van der Waals surface area contributed by atoms with E-state index in [9.17, 15) is 10.2 Å². The van der Waals surface area contributed by atoms with E-state index < -0.39 is 0 Å². The van der Waals surface area contributed by atoms with Gasteiger partial charge in [0.25, 0.3) is 0 Å². The molecule has 0 aromatic heterocycles. The standard InChI is InChI=1S/C22H30O2/c1-5-7-8-9-17-13-20(23)22(21(24)14-17)19-12-16(6-2)10-11-18(19)15(3)4/h6,12-14,18-19,23-24H,2-3,5,7-11H2,1,4H3. The van der Waals surface area contributed by atoms with E-state index in [2.05, 4.69) is 26.2 Å². The van der Waals surface area contributed by atoms with Crippen LogP contribution in [0, 0.1) is 5.92 Å². The zero-order chi connectivity index (χ0) is 17.7. The van der Waals surface area contributed by atoms with Gasteiger partial charge in [-0.15, -0.1) is 0 Å². The van der Waals surface area contributed by atoms with Gasteiger partial charge >= 0.3 is 0 Å². The molecule has 0 saturated carbocycles. The fraction of sp³-hybridized carbons (Fsp3) is 0.455. The first-order valence-electron chi connectivity index (χ1n) is 9.01. The van der Waals surface area contributed by atoms with Gasteiger partial charge in [0, 0.05) is 11.5 Å². The van der Waals surface area contributed by atoms with Gasteiger partial charge in [0.1, 0.15) is 11.5 Å². The number of phenols is 2. The Labute approximate surface area is 146 Å². The normalized spacial score (nSPS) is 20.5. The largest absolute Gasteiger partial charge is 0.507 e. The maximum atomic E-state index is 10.6. The highest BCUT2D eigenvalue weighted by Gasteiger charge is 2.30. The minimum atomic E-state index is -0.0473. The van der Waals surface area contributed by atoms with E-state index in [-0.39, 0.29) is 23.3 Å². The van der Waals surface area contributed by atoms with E-state index in [0.29, 0.717) is 5.56 Å². The zero-order valence-corrected chi connectivity index (χ0v) is 15.0. The molecule has 0 heterocycles. The average molecular weight is 326 g/mol. The van der Waals surface area contributed by atoms with Crippen LogP contribution in [0.15, 0.2) is 48.6 Å². The molecule has 2 unspecified atom stereocenters. The van der Waals surface area contributed by atoms with Crippen LogP contribution >= 0.6 is 0 Å². The molecule has 0 radical (unpaired) electrons. The Hall–Kier alpha value is -1.96. The predicted molar refractivity (Wildman–Crippen MR) is 102 cm³/mol. The molecule has 1 aromatic carbocycles. The van der Waals surface area contributed by atoms with Gasteiger partial charge < -0.3 is 10.2 Å². The van der Waals surface area contributed by atoms with E-state index in [1.807, 2.05) is 25.1 Å². The van der Waals surface area contributed by atoms with E-state index >= 15 is 0 Å². The second-order valence-electron chi connectivity index (χ2n) is 6.97. The summed E-state index contributed by atoms with van der Waals surface area (Å²) in [6.45, 7) is 12.2. The van der Waals surface area contributed by atoms with Crippen LogP contribution in [0.3, 0.4) is 0 Å². The lowest BCUT2D eigenvalue weighted by Gasteiger charge is -2.31. The highest BCUT2D eigenvalue weighted by Crippen LogP contribution is 2.46. The van der Waals surface area contributed by atoms with Gasteiger partial charge in [-0.2, -0.15) is 0 Å². The highest BCUT2D eigenvalue weighted by molar-refractivity contribution is 5.52. The van der Waals surface area contributed by atoms with E-state index in [4.69, 9.17) is 0 Å². The van der Waals surface area contributed by atoms with Gasteiger partial charge in [0.05, 0.1) is 0 Å². The van der Waals surface area contributed by atoms with Crippen molar-refractivity contribution in [2.24, 2.45) is 5.92 Å². The number of phenolic OH excluding ortho intramolecular Hbond substituents is 2. The number of aryl methyl sites for hydroxylation is 1. The number of hydrogen-bond donors (Lipinski definition) is 2. The third-order valence-corrected chi connectivity index (χ3v) is 5.06. The van der Waals surface area contributed by atoms with Gasteiger partial charge in [-0.1, -0.05) is 56.2 Å². The molecular formula is C22H30O2. The number of allylic oxidation sites excluding steroid dienone is 4. The number of benzene rings is 1. The lowest BCUT2D eigenvalue weighted by Crippen LogP contribution is -2.17. The number of hydrogen-bond acceptors (Lipinski definition) is 2. The molecule has 2 nitrogen and oxygen atoms in total. The van der Waals surface area contributed by atoms with Gasteiger partial charge in [0.2, 0.25) is 0 Å². The third kappa shape index (κ3) is 4.11. The Morgan fingerprint density at radius 1 is 1.25 bits per heavy atom. The zero-order valence-electron chi connectivity index (χ0n) is 15.0. The van der Waals surface area contributed by atoms with Crippen molar-refractivity contribution >= 4 is 0 Å². The molecule has 0 fully saturated rings. The monoisotopic (exact) mass is 326 g/mol. The lowest BCUT2D eigenvalue weighted by molar-refractivity contribution is 0.407. The SMILES string of the molecule is C=CC1=CC(c2c(O)cc(CCCCC)cc2O)C(C(=C)C)CC1. The summed E-state index contributed by atoms with van der Waals surface area (Å²) in [5.41, 5.74) is 3.88. The Morgan fingerprint density at radius 2 is 1.92 bits per heavy atom. The van der Waals surface area contributed by atoms with E-state index in [0.717, 1.165) is 49.7 Å². The summed E-state index contributed by atoms with van der Waals surface area (Å²) in [6, 6.07) is 3.63. The topological polar surface area (TPSA) is 40.5 Å². The molecular weight excluding hydrogens is 296 g/mol. The summed E-state index contributed by atoms with van der Waals surface area (Å²) >= 11 is 0. The molecule has 24 heavy (non-hydrogen) atoms. The van der Waals surface area contributed by atoms with Crippen LogP contribution in [0.5, 0.6) is 11.5 Å². The molecule has 130 valence electrons. The molecule has 2 N–H and O–H groups in total. The molecule has 1 aliphatic carbocycles. The van der Waals surface area contributed by atoms with Crippen molar-refractivity contribution in [3.8, 4) is 11.5 Å². The van der Waals surface area contributed by atoms with Gasteiger partial charge in [-0.25, -0.2) is 0 Å². The molecule has 0 amide bonds. The Kier molecular flexibility index (Phi) is 6.30. The highest BCUT2D eigenvalue weighted by atomic mass is 16.3. The van der Waals surface area contributed by atoms with Crippen LogP contribution in [0.25, 0.3) is 0 Å². The minimum absolute atomic E-state index is 0.0473. The average Bonchev–Trinajstić information content (AvgIpc) is 2.54. The smallest absolute Gasteiger partial charge is 0.123 e. The quantitative estimate of drug-likeness (QED) is 0.475. The fourth-order valence-electron chi connectivity index (χ4n) is 3.68. The molecule has 1 aromatic rings. The van der Waals surface area contributed by atoms with E-state index in [1.165, 1.54) is 5.57 Å². The summed E-state index contributed by atoms with van der Waals surface area (Å²) in [4.78, 5) is 0. The Balaban J connectivity index is 2.37. The van der Waals surface area contributed by atoms with Crippen molar-refractivity contribution in [3.63, 3.8) is 0 Å². The molecule has 2 heteroatoms. The lowest BCUT2D eigenvalue weighted by atomic mass is 9.73. The third-order valence-electron chi connectivity index (χ3n) is 5.06. The fourth-order valence-corrected chi connectivity index (χ4v) is 3.68. The summed E-state index contributed by atoms with van der Waals surface area (Å²) in [5.74, 6) is 0.573. The van der Waals surface area contributed by atoms with Crippen LogP contribution in [0.2, 0.25) is 0 Å². The van der Waals surface area contributed by atoms with Crippen LogP contribution in [-0.4, -0.2) is 10.2 Å². The van der Waals surface area contributed by atoms with Crippen LogP contribution in [-0.2, 0) is 6.42 Å². The number of aromatic hydroxyl groups is 2. The van der Waals surface area contributed by atoms with Crippen molar-refractivity contribution < 1.29 is 10.2 Å². The summed E-state index contributed by atoms with van der Waals surface area (Å²) < 4.78 is 0. The summed E-state index contributed by atoms with van der Waals surface area (Å²) in [6.07, 6.45) is 10.2. The van der Waals surface area contributed by atoms with E-state index in [1.54, 1.807) is 0 Å². The summed E-state index contributed by atoms with van der Waals surface area (Å²) in [7, 11) is 0. The van der Waals surface area contributed by atoms with Crippen LogP contribution < -0.4 is 0 Å². The Bertz CT molecular complexity index is 616. The molecule has 2 atom stereocenters. The second-order valence-corrected chi connectivity index (χ2v) is 6.97. The first-order chi connectivity index (χ1) is 11.5. The first-order valence-corrected chi connectivity index (χ1v) is 9.01. The second kappa shape index (κ2) is 8.23. The van der Waals surface area contributed by atoms with Gasteiger partial charge in [0.15, 0.2) is 0 Å². The van der Waals surface area contributed by atoms with Gasteiger partial charge in [-0.05, 0) is 56.2 Å². The predicted octanol–water partition coefficient (Wildman–Crippen LogP) is 6.01. The maximum Gasteiger partial charge on any atom is 0.123 e. The molecule has 0 aliphatic heterocycles. The molecule has 1 aliphatic rings. The molecule has 0 saturated heterocycles. The number of rotatable bonds is 7. The minimum Gasteiger partial charge on any atom is -0.507 e. The van der Waals surface area contributed by atoms with Crippen molar-refractivity contribution in [3.05, 3.63) is 59.7 Å².